The Morgan fingerprint density at radius 2 is 2.00 bits per heavy atom. The zero-order valence-corrected chi connectivity index (χ0v) is 19.2. The van der Waals surface area contributed by atoms with Crippen molar-refractivity contribution in [3.8, 4) is 6.07 Å². The number of rotatable bonds is 7. The molecular formula is C23H32N6O3. The number of nitrogens with zero attached hydrogens (tertiary/aromatic N) is 5. The van der Waals surface area contributed by atoms with Crippen molar-refractivity contribution in [2.45, 2.75) is 52.8 Å². The number of aryl methyl sites for hydroxylation is 1. The van der Waals surface area contributed by atoms with E-state index in [-0.39, 0.29) is 12.0 Å². The third kappa shape index (κ3) is 5.04. The fraction of sp³-hybridized carbons (Fsp3) is 0.609. The molecule has 1 atom stereocenters. The van der Waals surface area contributed by atoms with Gasteiger partial charge in [-0.15, -0.1) is 0 Å². The monoisotopic (exact) mass is 440 g/mol. The summed E-state index contributed by atoms with van der Waals surface area (Å²) in [6.07, 6.45) is 2.19. The summed E-state index contributed by atoms with van der Waals surface area (Å²) in [4.78, 5) is 17.4. The molecule has 0 unspecified atom stereocenters. The van der Waals surface area contributed by atoms with Gasteiger partial charge >= 0.3 is 0 Å². The average Bonchev–Trinajstić information content (AvgIpc) is 3.48. The van der Waals surface area contributed by atoms with Crippen LogP contribution in [0.2, 0.25) is 0 Å². The van der Waals surface area contributed by atoms with E-state index in [4.69, 9.17) is 9.26 Å². The summed E-state index contributed by atoms with van der Waals surface area (Å²) in [7, 11) is 0. The summed E-state index contributed by atoms with van der Waals surface area (Å²) in [5.74, 6) is 1.33. The summed E-state index contributed by atoms with van der Waals surface area (Å²) in [6.45, 7) is 11.7. The van der Waals surface area contributed by atoms with E-state index < -0.39 is 0 Å². The lowest BCUT2D eigenvalue weighted by atomic mass is 10.2. The molecule has 172 valence electrons. The molecule has 1 N–H and O–H groups in total. The van der Waals surface area contributed by atoms with Crippen LogP contribution in [-0.4, -0.2) is 70.9 Å². The van der Waals surface area contributed by atoms with Crippen LogP contribution in [0.25, 0.3) is 0 Å². The maximum atomic E-state index is 12.9. The number of ether oxygens (including phenoxy) is 1. The highest BCUT2D eigenvalue weighted by atomic mass is 16.5. The molecule has 2 aromatic heterocycles. The van der Waals surface area contributed by atoms with E-state index in [1.165, 1.54) is 0 Å². The van der Waals surface area contributed by atoms with Gasteiger partial charge in [-0.25, -0.2) is 0 Å². The first-order valence-corrected chi connectivity index (χ1v) is 11.3. The van der Waals surface area contributed by atoms with E-state index in [0.29, 0.717) is 24.5 Å². The molecule has 0 bridgehead atoms. The van der Waals surface area contributed by atoms with Crippen molar-refractivity contribution in [1.29, 1.82) is 5.26 Å². The second kappa shape index (κ2) is 9.86. The summed E-state index contributed by atoms with van der Waals surface area (Å²) in [5, 5.41) is 16.8. The molecule has 2 aromatic rings. The number of hydrogen-bond donors (Lipinski definition) is 1. The zero-order chi connectivity index (χ0) is 22.7. The number of nitriles is 1. The van der Waals surface area contributed by atoms with Gasteiger partial charge in [0.05, 0.1) is 30.5 Å². The fourth-order valence-electron chi connectivity index (χ4n) is 4.55. The Bertz CT molecular complexity index is 990. The SMILES string of the molecule is Cc1cc(CN2CCN(CC(=O)Nc3c(C#N)c(C)c(C)n3C[C@H]3CCCO3)CC2)no1. The highest BCUT2D eigenvalue weighted by Crippen LogP contribution is 2.28. The number of carbonyl (C=O) groups excluding carboxylic acids is 1. The molecule has 0 radical (unpaired) electrons. The fourth-order valence-corrected chi connectivity index (χ4v) is 4.55. The Labute approximate surface area is 188 Å². The molecule has 9 heteroatoms. The molecule has 4 rings (SSSR count). The van der Waals surface area contributed by atoms with Gasteiger partial charge in [-0.1, -0.05) is 5.16 Å². The Kier molecular flexibility index (Phi) is 6.94. The van der Waals surface area contributed by atoms with Gasteiger partial charge in [0, 0.05) is 51.1 Å². The lowest BCUT2D eigenvalue weighted by Gasteiger charge is -2.33. The van der Waals surface area contributed by atoms with Gasteiger partial charge in [-0.2, -0.15) is 5.26 Å². The highest BCUT2D eigenvalue weighted by molar-refractivity contribution is 5.93. The molecule has 0 spiro atoms. The van der Waals surface area contributed by atoms with Gasteiger partial charge in [-0.05, 0) is 39.2 Å². The number of nitrogens with one attached hydrogen (secondary N) is 1. The van der Waals surface area contributed by atoms with Gasteiger partial charge in [0.1, 0.15) is 17.6 Å². The topological polar surface area (TPSA) is 99.6 Å². The molecule has 4 heterocycles. The summed E-state index contributed by atoms with van der Waals surface area (Å²) < 4.78 is 13.0. The molecule has 0 aromatic carbocycles. The second-order valence-electron chi connectivity index (χ2n) is 8.82. The first-order chi connectivity index (χ1) is 15.4. The predicted molar refractivity (Wildman–Crippen MR) is 119 cm³/mol. The van der Waals surface area contributed by atoms with Gasteiger partial charge in [0.25, 0.3) is 0 Å². The molecule has 2 aliphatic heterocycles. The third-order valence-electron chi connectivity index (χ3n) is 6.50. The lowest BCUT2D eigenvalue weighted by molar-refractivity contribution is -0.117. The van der Waals surface area contributed by atoms with Crippen LogP contribution in [0.4, 0.5) is 5.82 Å². The second-order valence-corrected chi connectivity index (χ2v) is 8.82. The number of carbonyl (C=O) groups is 1. The van der Waals surface area contributed by atoms with Crippen LogP contribution in [0, 0.1) is 32.1 Å². The zero-order valence-electron chi connectivity index (χ0n) is 19.2. The first-order valence-electron chi connectivity index (χ1n) is 11.3. The van der Waals surface area contributed by atoms with E-state index >= 15 is 0 Å². The van der Waals surface area contributed by atoms with Crippen LogP contribution in [-0.2, 0) is 22.6 Å². The van der Waals surface area contributed by atoms with E-state index in [9.17, 15) is 10.1 Å². The molecule has 0 aliphatic carbocycles. The smallest absolute Gasteiger partial charge is 0.239 e. The van der Waals surface area contributed by atoms with Crippen molar-refractivity contribution < 1.29 is 14.1 Å². The van der Waals surface area contributed by atoms with Gasteiger partial charge < -0.3 is 19.1 Å². The van der Waals surface area contributed by atoms with Crippen molar-refractivity contribution in [1.82, 2.24) is 19.5 Å². The van der Waals surface area contributed by atoms with Gasteiger partial charge in [0.2, 0.25) is 5.91 Å². The third-order valence-corrected chi connectivity index (χ3v) is 6.50. The van der Waals surface area contributed by atoms with Crippen LogP contribution in [0.3, 0.4) is 0 Å². The molecule has 32 heavy (non-hydrogen) atoms. The van der Waals surface area contributed by atoms with E-state index in [1.54, 1.807) is 0 Å². The number of hydrogen-bond acceptors (Lipinski definition) is 7. The first kappa shape index (κ1) is 22.5. The van der Waals surface area contributed by atoms with Crippen LogP contribution in [0.5, 0.6) is 0 Å². The van der Waals surface area contributed by atoms with Crippen LogP contribution < -0.4 is 5.32 Å². The number of amides is 1. The van der Waals surface area contributed by atoms with Gasteiger partial charge in [-0.3, -0.25) is 14.6 Å². The summed E-state index contributed by atoms with van der Waals surface area (Å²) in [6, 6.07) is 4.24. The van der Waals surface area contributed by atoms with E-state index in [2.05, 4.69) is 26.3 Å². The van der Waals surface area contributed by atoms with Crippen LogP contribution in [0.1, 0.15) is 41.1 Å². The minimum absolute atomic E-state index is 0.0897. The van der Waals surface area contributed by atoms with E-state index in [1.807, 2.05) is 31.4 Å². The molecule has 9 nitrogen and oxygen atoms in total. The Balaban J connectivity index is 1.35. The number of anilines is 1. The molecule has 2 saturated heterocycles. The molecule has 2 aliphatic rings. The normalized spacial score (nSPS) is 19.9. The Morgan fingerprint density at radius 1 is 1.25 bits per heavy atom. The summed E-state index contributed by atoms with van der Waals surface area (Å²) >= 11 is 0. The minimum Gasteiger partial charge on any atom is -0.376 e. The standard InChI is InChI=1S/C23H32N6O3/c1-16-11-19(26-32-16)13-27-6-8-28(9-7-27)15-22(30)25-23-21(12-24)17(2)18(3)29(23)14-20-5-4-10-31-20/h11,20H,4-10,13-15H2,1-3H3,(H,25,30)/t20-/m1/s1. The van der Waals surface area contributed by atoms with Crippen molar-refractivity contribution in [2.75, 3.05) is 44.6 Å². The molecule has 1 amide bonds. The molecule has 2 fully saturated rings. The van der Waals surface area contributed by atoms with Crippen LogP contribution >= 0.6 is 0 Å². The quantitative estimate of drug-likeness (QED) is 0.705. The van der Waals surface area contributed by atoms with E-state index in [0.717, 1.165) is 74.9 Å². The predicted octanol–water partition coefficient (Wildman–Crippen LogP) is 2.21. The lowest BCUT2D eigenvalue weighted by Crippen LogP contribution is -2.48. The Morgan fingerprint density at radius 3 is 2.62 bits per heavy atom. The van der Waals surface area contributed by atoms with Crippen molar-refractivity contribution in [3.63, 3.8) is 0 Å². The minimum atomic E-state index is -0.0897. The largest absolute Gasteiger partial charge is 0.376 e. The average molecular weight is 441 g/mol. The van der Waals surface area contributed by atoms with Crippen molar-refractivity contribution in [3.05, 3.63) is 34.3 Å². The maximum Gasteiger partial charge on any atom is 0.239 e. The van der Waals surface area contributed by atoms with Crippen molar-refractivity contribution in [2.24, 2.45) is 0 Å². The maximum absolute atomic E-state index is 12.9. The number of piperazine rings is 1. The highest BCUT2D eigenvalue weighted by Gasteiger charge is 2.25. The molecule has 0 saturated carbocycles. The number of aromatic nitrogens is 2. The summed E-state index contributed by atoms with van der Waals surface area (Å²) in [5.41, 5.74) is 3.40. The Hall–Kier alpha value is -2.67. The van der Waals surface area contributed by atoms with Crippen LogP contribution in [0.15, 0.2) is 10.6 Å². The molecular weight excluding hydrogens is 408 g/mol. The van der Waals surface area contributed by atoms with Gasteiger partial charge in [0.15, 0.2) is 0 Å². The van der Waals surface area contributed by atoms with Crippen molar-refractivity contribution >= 4 is 11.7 Å².